The molecule has 0 aromatic heterocycles. The van der Waals surface area contributed by atoms with E-state index in [9.17, 15) is 9.90 Å². The van der Waals surface area contributed by atoms with Gasteiger partial charge in [0.2, 0.25) is 5.91 Å². The van der Waals surface area contributed by atoms with Gasteiger partial charge in [-0.1, -0.05) is 36.4 Å². The van der Waals surface area contributed by atoms with Gasteiger partial charge in [0.25, 0.3) is 0 Å². The van der Waals surface area contributed by atoms with E-state index in [1.807, 2.05) is 42.5 Å². The summed E-state index contributed by atoms with van der Waals surface area (Å²) in [5.74, 6) is 3.18. The number of fused-ring (bicyclic) bond motifs is 1. The number of hydrogen-bond donors (Lipinski definition) is 2. The van der Waals surface area contributed by atoms with Crippen LogP contribution in [-0.2, 0) is 11.3 Å². The lowest BCUT2D eigenvalue weighted by molar-refractivity contribution is -0.147. The molecule has 0 unspecified atom stereocenters. The normalized spacial score (nSPS) is 34.1. The molecule has 3 atom stereocenters. The fourth-order valence-corrected chi connectivity index (χ4v) is 7.35. The molecule has 2 aromatic carbocycles. The highest BCUT2D eigenvalue weighted by Gasteiger charge is 2.55. The average Bonchev–Trinajstić information content (AvgIpc) is 2.99. The van der Waals surface area contributed by atoms with E-state index in [4.69, 9.17) is 9.47 Å². The molecule has 34 heavy (non-hydrogen) atoms. The van der Waals surface area contributed by atoms with Crippen LogP contribution >= 0.6 is 0 Å². The predicted octanol–water partition coefficient (Wildman–Crippen LogP) is 3.69. The summed E-state index contributed by atoms with van der Waals surface area (Å²) >= 11 is 0. The summed E-state index contributed by atoms with van der Waals surface area (Å²) in [4.78, 5) is 15.5. The molecule has 2 N–H and O–H groups in total. The Kier molecular flexibility index (Phi) is 5.53. The fraction of sp³-hybridized carbons (Fsp3) is 0.536. The number of benzene rings is 2. The van der Waals surface area contributed by atoms with Crippen LogP contribution in [0.2, 0.25) is 0 Å². The molecule has 0 saturated heterocycles. The summed E-state index contributed by atoms with van der Waals surface area (Å²) in [6, 6.07) is 16.2. The molecule has 4 bridgehead atoms. The zero-order valence-electron chi connectivity index (χ0n) is 19.8. The van der Waals surface area contributed by atoms with E-state index in [-0.39, 0.29) is 18.1 Å². The van der Waals surface area contributed by atoms with Crippen molar-refractivity contribution in [1.29, 1.82) is 0 Å². The number of nitrogens with one attached hydrogen (secondary N) is 1. The summed E-state index contributed by atoms with van der Waals surface area (Å²) in [6.07, 6.45) is 4.69. The van der Waals surface area contributed by atoms with Gasteiger partial charge < -0.3 is 19.9 Å². The van der Waals surface area contributed by atoms with Gasteiger partial charge in [0, 0.05) is 30.3 Å². The Morgan fingerprint density at radius 1 is 1.12 bits per heavy atom. The van der Waals surface area contributed by atoms with Crippen LogP contribution < -0.4 is 14.8 Å². The fourth-order valence-electron chi connectivity index (χ4n) is 7.35. The first-order chi connectivity index (χ1) is 16.5. The Balaban J connectivity index is 1.19. The molecule has 5 aliphatic rings. The van der Waals surface area contributed by atoms with Crippen molar-refractivity contribution in [3.8, 4) is 11.5 Å². The van der Waals surface area contributed by atoms with Crippen molar-refractivity contribution in [3.63, 3.8) is 0 Å². The highest BCUT2D eigenvalue weighted by atomic mass is 16.5. The highest BCUT2D eigenvalue weighted by Crippen LogP contribution is 2.55. The summed E-state index contributed by atoms with van der Waals surface area (Å²) in [6.45, 7) is 1.59. The van der Waals surface area contributed by atoms with Crippen LogP contribution in [0.1, 0.15) is 49.3 Å². The van der Waals surface area contributed by atoms with E-state index in [1.54, 1.807) is 7.11 Å². The second-order valence-electron chi connectivity index (χ2n) is 10.9. The van der Waals surface area contributed by atoms with Crippen molar-refractivity contribution in [1.82, 2.24) is 10.2 Å². The second kappa shape index (κ2) is 8.58. The Morgan fingerprint density at radius 3 is 2.62 bits per heavy atom. The lowest BCUT2D eigenvalue weighted by Crippen LogP contribution is -2.62. The third-order valence-electron chi connectivity index (χ3n) is 8.48. The zero-order valence-corrected chi connectivity index (χ0v) is 19.8. The van der Waals surface area contributed by atoms with Crippen molar-refractivity contribution >= 4 is 5.91 Å². The quantitative estimate of drug-likeness (QED) is 0.709. The van der Waals surface area contributed by atoms with Crippen molar-refractivity contribution < 1.29 is 19.4 Å². The smallest absolute Gasteiger partial charge is 0.234 e. The van der Waals surface area contributed by atoms with E-state index in [0.29, 0.717) is 37.4 Å². The maximum absolute atomic E-state index is 13.3. The van der Waals surface area contributed by atoms with E-state index in [2.05, 4.69) is 16.3 Å². The molecular formula is C28H34N2O4. The number of hydrogen-bond acceptors (Lipinski definition) is 5. The van der Waals surface area contributed by atoms with Crippen LogP contribution in [0.4, 0.5) is 0 Å². The largest absolute Gasteiger partial charge is 0.496 e. The van der Waals surface area contributed by atoms with Gasteiger partial charge in [-0.15, -0.1) is 0 Å². The van der Waals surface area contributed by atoms with Gasteiger partial charge in [-0.25, -0.2) is 0 Å². The van der Waals surface area contributed by atoms with Crippen LogP contribution in [0.3, 0.4) is 0 Å². The maximum Gasteiger partial charge on any atom is 0.234 e. The van der Waals surface area contributed by atoms with Crippen molar-refractivity contribution in [3.05, 3.63) is 59.7 Å². The van der Waals surface area contributed by atoms with Gasteiger partial charge in [-0.2, -0.15) is 0 Å². The molecule has 0 spiro atoms. The van der Waals surface area contributed by atoms with E-state index in [0.717, 1.165) is 54.7 Å². The number of rotatable bonds is 5. The minimum absolute atomic E-state index is 0.0719. The first-order valence-corrected chi connectivity index (χ1v) is 12.6. The highest BCUT2D eigenvalue weighted by molar-refractivity contribution is 5.78. The molecule has 1 amide bonds. The molecule has 180 valence electrons. The van der Waals surface area contributed by atoms with Gasteiger partial charge in [-0.3, -0.25) is 9.69 Å². The number of carbonyl (C=O) groups excluding carboxylic acids is 1. The molecule has 1 aliphatic heterocycles. The van der Waals surface area contributed by atoms with Gasteiger partial charge in [0.1, 0.15) is 17.6 Å². The first-order valence-electron chi connectivity index (χ1n) is 12.6. The summed E-state index contributed by atoms with van der Waals surface area (Å²) < 4.78 is 12.1. The molecular weight excluding hydrogens is 428 g/mol. The number of para-hydroxylation sites is 2. The van der Waals surface area contributed by atoms with Crippen molar-refractivity contribution in [2.24, 2.45) is 17.8 Å². The van der Waals surface area contributed by atoms with Crippen molar-refractivity contribution in [2.45, 2.75) is 56.4 Å². The maximum atomic E-state index is 13.3. The van der Waals surface area contributed by atoms with Crippen LogP contribution in [0.15, 0.2) is 48.5 Å². The van der Waals surface area contributed by atoms with Crippen LogP contribution in [0.25, 0.3) is 0 Å². The SMILES string of the molecule is COc1ccccc1[C@H]1CN(CC(=O)NC2[C@H]3CC4C[C@H]2CC(O)(C4)C3)Cc2ccccc2O1. The number of nitrogens with zero attached hydrogens (tertiary/aromatic N) is 1. The lowest BCUT2D eigenvalue weighted by Gasteiger charge is -2.58. The number of aliphatic hydroxyl groups is 1. The second-order valence-corrected chi connectivity index (χ2v) is 10.9. The van der Waals surface area contributed by atoms with Gasteiger partial charge in [-0.05, 0) is 62.0 Å². The monoisotopic (exact) mass is 462 g/mol. The predicted molar refractivity (Wildman–Crippen MR) is 129 cm³/mol. The van der Waals surface area contributed by atoms with E-state index in [1.165, 1.54) is 0 Å². The van der Waals surface area contributed by atoms with Gasteiger partial charge >= 0.3 is 0 Å². The molecule has 1 heterocycles. The molecule has 2 aromatic rings. The zero-order chi connectivity index (χ0) is 23.3. The molecule has 4 aliphatic carbocycles. The Labute approximate surface area is 201 Å². The lowest BCUT2D eigenvalue weighted by atomic mass is 9.52. The number of methoxy groups -OCH3 is 1. The molecule has 6 nitrogen and oxygen atoms in total. The number of amides is 1. The van der Waals surface area contributed by atoms with E-state index >= 15 is 0 Å². The molecule has 4 fully saturated rings. The van der Waals surface area contributed by atoms with Gasteiger partial charge in [0.05, 0.1) is 19.3 Å². The van der Waals surface area contributed by atoms with Crippen LogP contribution in [-0.4, -0.2) is 47.8 Å². The Bertz CT molecular complexity index is 1060. The number of carbonyl (C=O) groups is 1. The van der Waals surface area contributed by atoms with E-state index < -0.39 is 5.60 Å². The van der Waals surface area contributed by atoms with Gasteiger partial charge in [0.15, 0.2) is 0 Å². The third kappa shape index (κ3) is 4.07. The Hall–Kier alpha value is -2.57. The minimum atomic E-state index is -0.481. The topological polar surface area (TPSA) is 71.0 Å². The third-order valence-corrected chi connectivity index (χ3v) is 8.48. The average molecular weight is 463 g/mol. The summed E-state index contributed by atoms with van der Waals surface area (Å²) in [5.41, 5.74) is 1.59. The molecule has 4 saturated carbocycles. The first kappa shape index (κ1) is 21.9. The molecule has 6 heteroatoms. The standard InChI is InChI=1S/C28H34N2O4/c1-33-24-9-5-3-7-22(24)25-16-30(15-19-6-2-4-8-23(19)34-25)17-26(31)29-27-20-10-18-11-21(27)14-28(32,12-18)13-20/h2-9,18,20-21,25,27,32H,10-17H2,1H3,(H,29,31)/t18?,20-,21-,25+,27?,28?/m0/s1. The summed E-state index contributed by atoms with van der Waals surface area (Å²) in [7, 11) is 1.68. The number of ether oxygens (including phenoxy) is 2. The molecule has 0 radical (unpaired) electrons. The van der Waals surface area contributed by atoms with Crippen LogP contribution in [0.5, 0.6) is 11.5 Å². The van der Waals surface area contributed by atoms with Crippen molar-refractivity contribution in [2.75, 3.05) is 20.2 Å². The Morgan fingerprint density at radius 2 is 1.85 bits per heavy atom. The summed E-state index contributed by atoms with van der Waals surface area (Å²) in [5, 5.41) is 14.3. The van der Waals surface area contributed by atoms with Crippen LogP contribution in [0, 0.1) is 17.8 Å². The molecule has 7 rings (SSSR count). The minimum Gasteiger partial charge on any atom is -0.496 e.